The summed E-state index contributed by atoms with van der Waals surface area (Å²) in [6.07, 6.45) is -0.299. The van der Waals surface area contributed by atoms with Gasteiger partial charge in [0.2, 0.25) is 17.7 Å². The van der Waals surface area contributed by atoms with E-state index in [1.807, 2.05) is 13.8 Å². The molecule has 3 heterocycles. The van der Waals surface area contributed by atoms with Gasteiger partial charge in [-0.2, -0.15) is 0 Å². The van der Waals surface area contributed by atoms with Gasteiger partial charge in [-0.3, -0.25) is 24.6 Å². The van der Waals surface area contributed by atoms with Gasteiger partial charge in [0.05, 0.1) is 17.9 Å². The third-order valence-corrected chi connectivity index (χ3v) is 6.43. The van der Waals surface area contributed by atoms with Crippen LogP contribution in [0.3, 0.4) is 0 Å². The average Bonchev–Trinajstić information content (AvgIpc) is 3.20. The second-order valence-electron chi connectivity index (χ2n) is 7.67. The summed E-state index contributed by atoms with van der Waals surface area (Å²) >= 11 is 6.16. The van der Waals surface area contributed by atoms with Crippen LogP contribution in [0.1, 0.15) is 32.8 Å². The molecule has 0 unspecified atom stereocenters. The van der Waals surface area contributed by atoms with Crippen molar-refractivity contribution in [1.29, 1.82) is 0 Å². The van der Waals surface area contributed by atoms with Gasteiger partial charge in [0, 0.05) is 28.4 Å². The average molecular weight is 392 g/mol. The van der Waals surface area contributed by atoms with Gasteiger partial charge in [0.25, 0.3) is 0 Å². The van der Waals surface area contributed by atoms with Crippen molar-refractivity contribution in [1.82, 2.24) is 10.2 Å². The number of rotatable bonds is 3. The number of likely N-dealkylation sites (tertiary alicyclic amines) is 1. The van der Waals surface area contributed by atoms with E-state index in [2.05, 4.69) is 10.6 Å². The molecule has 1 aromatic carbocycles. The number of carbonyl (C=O) groups is 3. The number of aliphatic hydroxyl groups is 1. The molecule has 144 valence electrons. The molecule has 3 amide bonds. The van der Waals surface area contributed by atoms with Crippen molar-refractivity contribution >= 4 is 35.0 Å². The van der Waals surface area contributed by atoms with Gasteiger partial charge in [0.1, 0.15) is 5.54 Å². The van der Waals surface area contributed by atoms with Crippen LogP contribution >= 0.6 is 11.6 Å². The Labute approximate surface area is 162 Å². The molecule has 1 spiro atoms. The van der Waals surface area contributed by atoms with E-state index >= 15 is 0 Å². The number of hydrogen-bond donors (Lipinski definition) is 3. The van der Waals surface area contributed by atoms with Crippen molar-refractivity contribution in [3.05, 3.63) is 28.8 Å². The number of imide groups is 1. The fourth-order valence-electron chi connectivity index (χ4n) is 4.76. The van der Waals surface area contributed by atoms with Crippen LogP contribution in [0, 0.1) is 11.8 Å². The summed E-state index contributed by atoms with van der Waals surface area (Å²) in [6, 6.07) is 4.00. The lowest BCUT2D eigenvalue weighted by Gasteiger charge is -2.31. The molecule has 0 aromatic heterocycles. The Morgan fingerprint density at radius 3 is 2.59 bits per heavy atom. The van der Waals surface area contributed by atoms with Crippen LogP contribution in [0.4, 0.5) is 5.69 Å². The highest BCUT2D eigenvalue weighted by molar-refractivity contribution is 6.31. The fraction of sp³-hybridized carbons (Fsp3) is 0.526. The van der Waals surface area contributed by atoms with Crippen LogP contribution in [-0.2, 0) is 19.9 Å². The highest BCUT2D eigenvalue weighted by Gasteiger charge is 2.71. The molecule has 2 saturated heterocycles. The van der Waals surface area contributed by atoms with E-state index in [0.29, 0.717) is 22.7 Å². The SMILES string of the molecule is CC[C@H](C)N1C(=O)[C@@H]2[C@@H]([C@@H](C)O)N[C@]3(C(=O)Nc4ccc(Cl)cc43)[C@@H]2C1=O. The molecule has 1 aromatic rings. The number of amides is 3. The number of hydrogen-bond acceptors (Lipinski definition) is 5. The van der Waals surface area contributed by atoms with E-state index in [0.717, 1.165) is 0 Å². The summed E-state index contributed by atoms with van der Waals surface area (Å²) < 4.78 is 0. The lowest BCUT2D eigenvalue weighted by molar-refractivity contribution is -0.145. The number of nitrogens with zero attached hydrogens (tertiary/aromatic N) is 1. The largest absolute Gasteiger partial charge is 0.392 e. The molecule has 2 fully saturated rings. The molecular formula is C19H22ClN3O4. The van der Waals surface area contributed by atoms with Crippen LogP contribution < -0.4 is 10.6 Å². The zero-order valence-electron chi connectivity index (χ0n) is 15.3. The Bertz CT molecular complexity index is 857. The quantitative estimate of drug-likeness (QED) is 0.673. The lowest BCUT2D eigenvalue weighted by Crippen LogP contribution is -2.55. The number of aliphatic hydroxyl groups excluding tert-OH is 1. The molecule has 3 aliphatic heterocycles. The molecular weight excluding hydrogens is 370 g/mol. The Kier molecular flexibility index (Phi) is 4.10. The highest BCUT2D eigenvalue weighted by atomic mass is 35.5. The van der Waals surface area contributed by atoms with Crippen LogP contribution in [0.2, 0.25) is 5.02 Å². The van der Waals surface area contributed by atoms with Gasteiger partial charge in [-0.05, 0) is 38.5 Å². The van der Waals surface area contributed by atoms with E-state index < -0.39 is 35.4 Å². The third-order valence-electron chi connectivity index (χ3n) is 6.20. The van der Waals surface area contributed by atoms with E-state index in [9.17, 15) is 19.5 Å². The standard InChI is InChI=1S/C19H22ClN3O4/c1-4-8(2)23-16(25)13-14(17(23)26)19(22-15(13)9(3)24)11-7-10(20)5-6-12(11)21-18(19)27/h5-9,13-15,22,24H,4H2,1-3H3,(H,21,27)/t8-,9+,13-,14-,15+,19-/m0/s1. The topological polar surface area (TPSA) is 98.7 Å². The number of nitrogens with one attached hydrogen (secondary N) is 2. The predicted octanol–water partition coefficient (Wildman–Crippen LogP) is 1.24. The first-order chi connectivity index (χ1) is 12.7. The van der Waals surface area contributed by atoms with Crippen molar-refractivity contribution in [2.24, 2.45) is 11.8 Å². The molecule has 0 saturated carbocycles. The Morgan fingerprint density at radius 2 is 1.96 bits per heavy atom. The molecule has 8 heteroatoms. The number of benzene rings is 1. The first-order valence-corrected chi connectivity index (χ1v) is 9.56. The maximum absolute atomic E-state index is 13.3. The van der Waals surface area contributed by atoms with Crippen LogP contribution in [-0.4, -0.2) is 45.9 Å². The monoisotopic (exact) mass is 391 g/mol. The lowest BCUT2D eigenvalue weighted by atomic mass is 9.76. The molecule has 0 aliphatic carbocycles. The number of fused-ring (bicyclic) bond motifs is 4. The smallest absolute Gasteiger partial charge is 0.250 e. The Balaban J connectivity index is 1.92. The maximum atomic E-state index is 13.3. The van der Waals surface area contributed by atoms with E-state index in [1.54, 1.807) is 25.1 Å². The van der Waals surface area contributed by atoms with Gasteiger partial charge < -0.3 is 10.4 Å². The van der Waals surface area contributed by atoms with Crippen molar-refractivity contribution in [2.45, 2.75) is 50.9 Å². The van der Waals surface area contributed by atoms with Crippen LogP contribution in [0.25, 0.3) is 0 Å². The van der Waals surface area contributed by atoms with Crippen molar-refractivity contribution in [2.75, 3.05) is 5.32 Å². The number of halogens is 1. The molecule has 4 rings (SSSR count). The molecule has 6 atom stereocenters. The van der Waals surface area contributed by atoms with Crippen LogP contribution in [0.5, 0.6) is 0 Å². The van der Waals surface area contributed by atoms with Gasteiger partial charge in [-0.15, -0.1) is 0 Å². The summed E-state index contributed by atoms with van der Waals surface area (Å²) in [5, 5.41) is 16.7. The fourth-order valence-corrected chi connectivity index (χ4v) is 4.93. The van der Waals surface area contributed by atoms with E-state index in [1.165, 1.54) is 4.90 Å². The van der Waals surface area contributed by atoms with Gasteiger partial charge in [-0.1, -0.05) is 18.5 Å². The minimum Gasteiger partial charge on any atom is -0.392 e. The molecule has 0 bridgehead atoms. The predicted molar refractivity (Wildman–Crippen MR) is 99.0 cm³/mol. The van der Waals surface area contributed by atoms with Gasteiger partial charge in [0.15, 0.2) is 0 Å². The second-order valence-corrected chi connectivity index (χ2v) is 8.11. The summed E-state index contributed by atoms with van der Waals surface area (Å²) in [4.78, 5) is 40.8. The zero-order chi connectivity index (χ0) is 19.7. The maximum Gasteiger partial charge on any atom is 0.250 e. The van der Waals surface area contributed by atoms with Gasteiger partial charge >= 0.3 is 0 Å². The van der Waals surface area contributed by atoms with Crippen molar-refractivity contribution in [3.8, 4) is 0 Å². The highest BCUT2D eigenvalue weighted by Crippen LogP contribution is 2.54. The third kappa shape index (κ3) is 2.25. The molecule has 3 N–H and O–H groups in total. The van der Waals surface area contributed by atoms with Crippen LogP contribution in [0.15, 0.2) is 18.2 Å². The molecule has 3 aliphatic rings. The van der Waals surface area contributed by atoms with Crippen molar-refractivity contribution < 1.29 is 19.5 Å². The Morgan fingerprint density at radius 1 is 1.26 bits per heavy atom. The number of carbonyl (C=O) groups excluding carboxylic acids is 3. The molecule has 0 radical (unpaired) electrons. The first-order valence-electron chi connectivity index (χ1n) is 9.18. The Hall–Kier alpha value is -1.96. The normalized spacial score (nSPS) is 34.0. The van der Waals surface area contributed by atoms with Crippen molar-refractivity contribution in [3.63, 3.8) is 0 Å². The summed E-state index contributed by atoms with van der Waals surface area (Å²) in [6.45, 7) is 5.27. The first kappa shape index (κ1) is 18.4. The summed E-state index contributed by atoms with van der Waals surface area (Å²) in [5.41, 5.74) is -0.309. The molecule has 27 heavy (non-hydrogen) atoms. The van der Waals surface area contributed by atoms with E-state index in [4.69, 9.17) is 11.6 Å². The molecule has 7 nitrogen and oxygen atoms in total. The van der Waals surface area contributed by atoms with E-state index in [-0.39, 0.29) is 17.9 Å². The summed E-state index contributed by atoms with van der Waals surface area (Å²) in [5.74, 6) is -2.83. The minimum absolute atomic E-state index is 0.273. The minimum atomic E-state index is -1.42. The zero-order valence-corrected chi connectivity index (χ0v) is 16.1. The summed E-state index contributed by atoms with van der Waals surface area (Å²) in [7, 11) is 0. The van der Waals surface area contributed by atoms with Gasteiger partial charge in [-0.25, -0.2) is 0 Å². The number of anilines is 1. The second kappa shape index (κ2) is 6.02.